The van der Waals surface area contributed by atoms with Gasteiger partial charge in [0.1, 0.15) is 0 Å². The second-order valence-electron chi connectivity index (χ2n) is 4.68. The van der Waals surface area contributed by atoms with E-state index in [1.807, 2.05) is 12.1 Å². The molecular formula is C13H18BrNO. The number of hydrogen-bond acceptors (Lipinski definition) is 2. The molecule has 1 heterocycles. The van der Waals surface area contributed by atoms with Gasteiger partial charge in [-0.15, -0.1) is 0 Å². The SMILES string of the molecule is CC(C)N1CCC(O)C1c1ccc(Br)cc1. The number of aliphatic hydroxyl groups excluding tert-OH is 1. The summed E-state index contributed by atoms with van der Waals surface area (Å²) in [5.41, 5.74) is 1.21. The minimum atomic E-state index is -0.233. The summed E-state index contributed by atoms with van der Waals surface area (Å²) in [5.74, 6) is 0. The van der Waals surface area contributed by atoms with Crippen LogP contribution in [0.15, 0.2) is 28.7 Å². The van der Waals surface area contributed by atoms with Crippen LogP contribution in [0.3, 0.4) is 0 Å². The Kier molecular flexibility index (Phi) is 3.67. The van der Waals surface area contributed by atoms with Crippen molar-refractivity contribution in [3.8, 4) is 0 Å². The first kappa shape index (κ1) is 12.1. The average molecular weight is 284 g/mol. The molecule has 0 spiro atoms. The summed E-state index contributed by atoms with van der Waals surface area (Å²) in [4.78, 5) is 2.37. The molecule has 16 heavy (non-hydrogen) atoms. The van der Waals surface area contributed by atoms with Gasteiger partial charge in [0.05, 0.1) is 12.1 Å². The van der Waals surface area contributed by atoms with Crippen LogP contribution in [-0.4, -0.2) is 28.7 Å². The molecule has 1 aliphatic heterocycles. The Hall–Kier alpha value is -0.380. The van der Waals surface area contributed by atoms with Gasteiger partial charge in [-0.25, -0.2) is 0 Å². The minimum absolute atomic E-state index is 0.160. The lowest BCUT2D eigenvalue weighted by Crippen LogP contribution is -2.33. The molecule has 1 aliphatic rings. The van der Waals surface area contributed by atoms with Gasteiger partial charge < -0.3 is 5.11 Å². The van der Waals surface area contributed by atoms with E-state index in [0.717, 1.165) is 17.4 Å². The highest BCUT2D eigenvalue weighted by atomic mass is 79.9. The summed E-state index contributed by atoms with van der Waals surface area (Å²) < 4.78 is 1.08. The van der Waals surface area contributed by atoms with Crippen LogP contribution in [0.2, 0.25) is 0 Å². The number of likely N-dealkylation sites (tertiary alicyclic amines) is 1. The Labute approximate surface area is 105 Å². The molecule has 88 valence electrons. The van der Waals surface area contributed by atoms with Crippen molar-refractivity contribution in [2.75, 3.05) is 6.54 Å². The molecule has 0 aliphatic carbocycles. The number of halogens is 1. The van der Waals surface area contributed by atoms with Crippen LogP contribution in [0.1, 0.15) is 31.9 Å². The molecule has 0 bridgehead atoms. The molecule has 0 aromatic heterocycles. The van der Waals surface area contributed by atoms with Crippen molar-refractivity contribution < 1.29 is 5.11 Å². The Morgan fingerprint density at radius 1 is 1.31 bits per heavy atom. The molecule has 1 aromatic rings. The highest BCUT2D eigenvalue weighted by Gasteiger charge is 2.35. The van der Waals surface area contributed by atoms with Gasteiger partial charge in [-0.05, 0) is 38.0 Å². The third-order valence-corrected chi connectivity index (χ3v) is 3.81. The largest absolute Gasteiger partial charge is 0.391 e. The normalized spacial score (nSPS) is 26.6. The molecule has 0 amide bonds. The highest BCUT2D eigenvalue weighted by molar-refractivity contribution is 9.10. The fourth-order valence-corrected chi connectivity index (χ4v) is 2.72. The van der Waals surface area contributed by atoms with Crippen LogP contribution in [0.25, 0.3) is 0 Å². The molecule has 1 N–H and O–H groups in total. The lowest BCUT2D eigenvalue weighted by Gasteiger charge is -2.30. The van der Waals surface area contributed by atoms with Crippen LogP contribution < -0.4 is 0 Å². The molecule has 1 aromatic carbocycles. The van der Waals surface area contributed by atoms with E-state index in [0.29, 0.717) is 6.04 Å². The molecule has 2 atom stereocenters. The lowest BCUT2D eigenvalue weighted by molar-refractivity contribution is 0.101. The van der Waals surface area contributed by atoms with Crippen molar-refractivity contribution in [3.63, 3.8) is 0 Å². The predicted octanol–water partition coefficient (Wildman–Crippen LogP) is 2.97. The third-order valence-electron chi connectivity index (χ3n) is 3.28. The van der Waals surface area contributed by atoms with E-state index in [4.69, 9.17) is 0 Å². The monoisotopic (exact) mass is 283 g/mol. The maximum Gasteiger partial charge on any atom is 0.0749 e. The number of aliphatic hydroxyl groups is 1. The van der Waals surface area contributed by atoms with Crippen molar-refractivity contribution in [3.05, 3.63) is 34.3 Å². The summed E-state index contributed by atoms with van der Waals surface area (Å²) >= 11 is 3.44. The van der Waals surface area contributed by atoms with E-state index in [9.17, 15) is 5.11 Å². The number of hydrogen-bond donors (Lipinski definition) is 1. The van der Waals surface area contributed by atoms with Gasteiger partial charge in [0, 0.05) is 17.1 Å². The maximum absolute atomic E-state index is 10.1. The van der Waals surface area contributed by atoms with E-state index < -0.39 is 0 Å². The van der Waals surface area contributed by atoms with E-state index in [1.54, 1.807) is 0 Å². The smallest absolute Gasteiger partial charge is 0.0749 e. The fourth-order valence-electron chi connectivity index (χ4n) is 2.45. The van der Waals surface area contributed by atoms with Gasteiger partial charge in [0.25, 0.3) is 0 Å². The summed E-state index contributed by atoms with van der Waals surface area (Å²) in [6.45, 7) is 5.35. The molecule has 1 saturated heterocycles. The van der Waals surface area contributed by atoms with Crippen LogP contribution in [0, 0.1) is 0 Å². The maximum atomic E-state index is 10.1. The number of rotatable bonds is 2. The van der Waals surface area contributed by atoms with Gasteiger partial charge >= 0.3 is 0 Å². The topological polar surface area (TPSA) is 23.5 Å². The molecule has 1 fully saturated rings. The van der Waals surface area contributed by atoms with Gasteiger partial charge in [-0.1, -0.05) is 28.1 Å². The Morgan fingerprint density at radius 3 is 2.50 bits per heavy atom. The first-order chi connectivity index (χ1) is 7.59. The summed E-state index contributed by atoms with van der Waals surface area (Å²) in [7, 11) is 0. The Morgan fingerprint density at radius 2 is 1.94 bits per heavy atom. The van der Waals surface area contributed by atoms with Crippen LogP contribution in [-0.2, 0) is 0 Å². The zero-order valence-corrected chi connectivity index (χ0v) is 11.3. The summed E-state index contributed by atoms with van der Waals surface area (Å²) in [5, 5.41) is 10.1. The zero-order chi connectivity index (χ0) is 11.7. The van der Waals surface area contributed by atoms with Crippen LogP contribution in [0.5, 0.6) is 0 Å². The van der Waals surface area contributed by atoms with E-state index in [-0.39, 0.29) is 12.1 Å². The first-order valence-corrected chi connectivity index (χ1v) is 6.58. The fraction of sp³-hybridized carbons (Fsp3) is 0.538. The van der Waals surface area contributed by atoms with E-state index in [1.165, 1.54) is 5.56 Å². The van der Waals surface area contributed by atoms with Gasteiger partial charge in [0.15, 0.2) is 0 Å². The minimum Gasteiger partial charge on any atom is -0.391 e. The molecule has 2 nitrogen and oxygen atoms in total. The standard InChI is InChI=1S/C13H18BrNO/c1-9(2)15-8-7-12(16)13(15)10-3-5-11(14)6-4-10/h3-6,9,12-13,16H,7-8H2,1-2H3. The van der Waals surface area contributed by atoms with Gasteiger partial charge in [0.2, 0.25) is 0 Å². The Balaban J connectivity index is 2.26. The van der Waals surface area contributed by atoms with Crippen molar-refractivity contribution >= 4 is 15.9 Å². The van der Waals surface area contributed by atoms with E-state index in [2.05, 4.69) is 46.8 Å². The molecule has 0 saturated carbocycles. The van der Waals surface area contributed by atoms with Crippen molar-refractivity contribution in [2.24, 2.45) is 0 Å². The predicted molar refractivity (Wildman–Crippen MR) is 69.3 cm³/mol. The second kappa shape index (κ2) is 4.86. The highest BCUT2D eigenvalue weighted by Crippen LogP contribution is 2.34. The van der Waals surface area contributed by atoms with Gasteiger partial charge in [-0.3, -0.25) is 4.90 Å². The third kappa shape index (κ3) is 2.31. The summed E-state index contributed by atoms with van der Waals surface area (Å²) in [6.07, 6.45) is 0.641. The first-order valence-electron chi connectivity index (χ1n) is 5.79. The summed E-state index contributed by atoms with van der Waals surface area (Å²) in [6, 6.07) is 8.91. The van der Waals surface area contributed by atoms with Crippen molar-refractivity contribution in [2.45, 2.75) is 38.5 Å². The molecule has 0 radical (unpaired) electrons. The number of nitrogens with zero attached hydrogens (tertiary/aromatic N) is 1. The average Bonchev–Trinajstić information content (AvgIpc) is 2.62. The molecule has 2 rings (SSSR count). The van der Waals surface area contributed by atoms with Crippen molar-refractivity contribution in [1.29, 1.82) is 0 Å². The van der Waals surface area contributed by atoms with E-state index >= 15 is 0 Å². The Bertz CT molecular complexity index is 349. The quantitative estimate of drug-likeness (QED) is 0.902. The van der Waals surface area contributed by atoms with Crippen LogP contribution in [0.4, 0.5) is 0 Å². The number of benzene rings is 1. The molecular weight excluding hydrogens is 266 g/mol. The zero-order valence-electron chi connectivity index (χ0n) is 9.73. The second-order valence-corrected chi connectivity index (χ2v) is 5.60. The van der Waals surface area contributed by atoms with Crippen molar-refractivity contribution in [1.82, 2.24) is 4.90 Å². The molecule has 3 heteroatoms. The lowest BCUT2D eigenvalue weighted by atomic mass is 10.0. The van der Waals surface area contributed by atoms with Crippen LogP contribution >= 0.6 is 15.9 Å². The molecule has 2 unspecified atom stereocenters. The van der Waals surface area contributed by atoms with Gasteiger partial charge in [-0.2, -0.15) is 0 Å².